The van der Waals surface area contributed by atoms with Gasteiger partial charge in [0.15, 0.2) is 0 Å². The van der Waals surface area contributed by atoms with E-state index in [-0.39, 0.29) is 0 Å². The highest BCUT2D eigenvalue weighted by atomic mass is 15.5. The molecule has 0 spiro atoms. The van der Waals surface area contributed by atoms with E-state index in [0.717, 1.165) is 0 Å². The highest BCUT2D eigenvalue weighted by Gasteiger charge is 2.18. The monoisotopic (exact) mass is 154 g/mol. The third kappa shape index (κ3) is 1.96. The number of hydrazine groups is 1. The van der Waals surface area contributed by atoms with Crippen molar-refractivity contribution in [3.8, 4) is 0 Å². The number of rotatable bonds is 2. The first-order valence-corrected chi connectivity index (χ1v) is 4.34. The first kappa shape index (κ1) is 8.60. The lowest BCUT2D eigenvalue weighted by molar-refractivity contribution is 0.208. The SMILES string of the molecule is CC(C)C1C=CN(C(C)C)N1. The molecule has 0 radical (unpaired) electrons. The van der Waals surface area contributed by atoms with Gasteiger partial charge in [0.05, 0.1) is 0 Å². The van der Waals surface area contributed by atoms with Crippen molar-refractivity contribution in [3.63, 3.8) is 0 Å². The molecule has 64 valence electrons. The predicted octanol–water partition coefficient (Wildman–Crippen LogP) is 1.75. The summed E-state index contributed by atoms with van der Waals surface area (Å²) in [6, 6.07) is 1.08. The molecule has 1 unspecified atom stereocenters. The molecule has 0 aliphatic carbocycles. The summed E-state index contributed by atoms with van der Waals surface area (Å²) in [5, 5.41) is 2.16. The van der Waals surface area contributed by atoms with Crippen molar-refractivity contribution >= 4 is 0 Å². The summed E-state index contributed by atoms with van der Waals surface area (Å²) in [4.78, 5) is 0. The van der Waals surface area contributed by atoms with Crippen LogP contribution in [0.15, 0.2) is 12.3 Å². The summed E-state index contributed by atoms with van der Waals surface area (Å²) in [6.45, 7) is 8.82. The van der Waals surface area contributed by atoms with Gasteiger partial charge in [0.25, 0.3) is 0 Å². The van der Waals surface area contributed by atoms with Gasteiger partial charge in [-0.3, -0.25) is 0 Å². The summed E-state index contributed by atoms with van der Waals surface area (Å²) < 4.78 is 0. The molecule has 1 aliphatic heterocycles. The van der Waals surface area contributed by atoms with Gasteiger partial charge in [-0.1, -0.05) is 13.8 Å². The van der Waals surface area contributed by atoms with E-state index in [1.54, 1.807) is 0 Å². The van der Waals surface area contributed by atoms with Crippen LogP contribution in [-0.2, 0) is 0 Å². The maximum absolute atomic E-state index is 3.41. The lowest BCUT2D eigenvalue weighted by atomic mass is 10.1. The Morgan fingerprint density at radius 2 is 1.91 bits per heavy atom. The highest BCUT2D eigenvalue weighted by molar-refractivity contribution is 5.00. The average molecular weight is 154 g/mol. The van der Waals surface area contributed by atoms with E-state index in [9.17, 15) is 0 Å². The predicted molar refractivity (Wildman–Crippen MR) is 47.9 cm³/mol. The lowest BCUT2D eigenvalue weighted by Gasteiger charge is -2.24. The summed E-state index contributed by atoms with van der Waals surface area (Å²) in [7, 11) is 0. The minimum Gasteiger partial charge on any atom is -0.313 e. The molecule has 0 saturated heterocycles. The van der Waals surface area contributed by atoms with Gasteiger partial charge in [-0.05, 0) is 25.8 Å². The summed E-state index contributed by atoms with van der Waals surface area (Å²) in [5.41, 5.74) is 3.41. The molecule has 11 heavy (non-hydrogen) atoms. The van der Waals surface area contributed by atoms with Crippen molar-refractivity contribution in [2.24, 2.45) is 5.92 Å². The number of hydrogen-bond donors (Lipinski definition) is 1. The van der Waals surface area contributed by atoms with Crippen LogP contribution in [0.25, 0.3) is 0 Å². The smallest absolute Gasteiger partial charge is 0.0483 e. The van der Waals surface area contributed by atoms with Gasteiger partial charge in [-0.2, -0.15) is 0 Å². The molecule has 2 nitrogen and oxygen atoms in total. The first-order valence-electron chi connectivity index (χ1n) is 4.34. The Balaban J connectivity index is 2.43. The van der Waals surface area contributed by atoms with Crippen molar-refractivity contribution < 1.29 is 0 Å². The zero-order valence-electron chi connectivity index (χ0n) is 7.83. The summed E-state index contributed by atoms with van der Waals surface area (Å²) in [5.74, 6) is 0.676. The van der Waals surface area contributed by atoms with Crippen LogP contribution < -0.4 is 5.43 Å². The molecule has 0 aromatic rings. The fraction of sp³-hybridized carbons (Fsp3) is 0.778. The normalized spacial score (nSPS) is 24.2. The fourth-order valence-corrected chi connectivity index (χ4v) is 1.14. The molecule has 0 aromatic carbocycles. The van der Waals surface area contributed by atoms with Crippen LogP contribution in [0, 0.1) is 5.92 Å². The maximum Gasteiger partial charge on any atom is 0.0483 e. The molecule has 1 rings (SSSR count). The molecular formula is C9H18N2. The Morgan fingerprint density at radius 1 is 1.27 bits per heavy atom. The van der Waals surface area contributed by atoms with E-state index in [4.69, 9.17) is 0 Å². The molecule has 1 heterocycles. The molecule has 1 aliphatic rings. The van der Waals surface area contributed by atoms with Gasteiger partial charge in [0.1, 0.15) is 0 Å². The standard InChI is InChI=1S/C9H18N2/c1-7(2)9-5-6-11(10-9)8(3)4/h5-10H,1-4H3. The second-order valence-corrected chi connectivity index (χ2v) is 3.74. The van der Waals surface area contributed by atoms with Crippen molar-refractivity contribution in [2.45, 2.75) is 39.8 Å². The van der Waals surface area contributed by atoms with Gasteiger partial charge in [0, 0.05) is 18.3 Å². The Hall–Kier alpha value is -0.500. The van der Waals surface area contributed by atoms with Crippen LogP contribution in [0.5, 0.6) is 0 Å². The molecular weight excluding hydrogens is 136 g/mol. The van der Waals surface area contributed by atoms with Crippen LogP contribution >= 0.6 is 0 Å². The van der Waals surface area contributed by atoms with Crippen LogP contribution in [-0.4, -0.2) is 17.1 Å². The Kier molecular flexibility index (Phi) is 2.55. The molecule has 1 N–H and O–H groups in total. The summed E-state index contributed by atoms with van der Waals surface area (Å²) in [6.07, 6.45) is 4.36. The van der Waals surface area contributed by atoms with E-state index in [0.29, 0.717) is 18.0 Å². The largest absolute Gasteiger partial charge is 0.313 e. The van der Waals surface area contributed by atoms with E-state index < -0.39 is 0 Å². The van der Waals surface area contributed by atoms with Crippen molar-refractivity contribution in [1.82, 2.24) is 10.4 Å². The number of nitrogens with one attached hydrogen (secondary N) is 1. The molecule has 0 aromatic heterocycles. The minimum absolute atomic E-state index is 0.525. The van der Waals surface area contributed by atoms with Crippen molar-refractivity contribution in [3.05, 3.63) is 12.3 Å². The highest BCUT2D eigenvalue weighted by Crippen LogP contribution is 2.12. The Morgan fingerprint density at radius 3 is 2.18 bits per heavy atom. The first-order chi connectivity index (χ1) is 5.11. The molecule has 0 bridgehead atoms. The molecule has 0 amide bonds. The maximum atomic E-state index is 3.41. The second-order valence-electron chi connectivity index (χ2n) is 3.74. The zero-order valence-corrected chi connectivity index (χ0v) is 7.83. The van der Waals surface area contributed by atoms with Gasteiger partial charge < -0.3 is 5.01 Å². The molecule has 1 atom stereocenters. The van der Waals surface area contributed by atoms with Gasteiger partial charge in [-0.25, -0.2) is 5.43 Å². The van der Waals surface area contributed by atoms with Crippen molar-refractivity contribution in [2.75, 3.05) is 0 Å². The van der Waals surface area contributed by atoms with E-state index in [1.807, 2.05) is 0 Å². The third-order valence-electron chi connectivity index (χ3n) is 2.03. The Labute approximate surface area is 69.2 Å². The van der Waals surface area contributed by atoms with E-state index in [1.165, 1.54) is 0 Å². The van der Waals surface area contributed by atoms with Gasteiger partial charge in [-0.15, -0.1) is 0 Å². The quantitative estimate of drug-likeness (QED) is 0.652. The van der Waals surface area contributed by atoms with Gasteiger partial charge >= 0.3 is 0 Å². The van der Waals surface area contributed by atoms with Crippen LogP contribution in [0.1, 0.15) is 27.7 Å². The topological polar surface area (TPSA) is 15.3 Å². The van der Waals surface area contributed by atoms with Crippen molar-refractivity contribution in [1.29, 1.82) is 0 Å². The van der Waals surface area contributed by atoms with Gasteiger partial charge in [0.2, 0.25) is 0 Å². The molecule has 2 heteroatoms. The summed E-state index contributed by atoms with van der Waals surface area (Å²) >= 11 is 0. The lowest BCUT2D eigenvalue weighted by Crippen LogP contribution is -2.41. The van der Waals surface area contributed by atoms with Crippen LogP contribution in [0.2, 0.25) is 0 Å². The Bertz CT molecular complexity index is 134. The molecule has 0 saturated carbocycles. The van der Waals surface area contributed by atoms with E-state index >= 15 is 0 Å². The number of nitrogens with zero attached hydrogens (tertiary/aromatic N) is 1. The molecule has 0 fully saturated rings. The second kappa shape index (κ2) is 3.26. The number of hydrogen-bond acceptors (Lipinski definition) is 2. The fourth-order valence-electron chi connectivity index (χ4n) is 1.14. The minimum atomic E-state index is 0.525. The third-order valence-corrected chi connectivity index (χ3v) is 2.03. The van der Waals surface area contributed by atoms with Crippen LogP contribution in [0.3, 0.4) is 0 Å². The van der Waals surface area contributed by atoms with E-state index in [2.05, 4.69) is 50.4 Å². The average Bonchev–Trinajstić information content (AvgIpc) is 2.33. The van der Waals surface area contributed by atoms with Crippen LogP contribution in [0.4, 0.5) is 0 Å². The zero-order chi connectivity index (χ0) is 8.43.